The Morgan fingerprint density at radius 3 is 2.50 bits per heavy atom. The minimum Gasteiger partial charge on any atom is -0.465 e. The van der Waals surface area contributed by atoms with Crippen molar-refractivity contribution in [2.75, 3.05) is 6.54 Å². The van der Waals surface area contributed by atoms with Crippen molar-refractivity contribution < 1.29 is 9.90 Å². The number of nitrogens with one attached hydrogen (secondary N) is 2. The van der Waals surface area contributed by atoms with Crippen molar-refractivity contribution in [2.24, 2.45) is 10.8 Å². The van der Waals surface area contributed by atoms with Gasteiger partial charge in [0.2, 0.25) is 0 Å². The second-order valence-corrected chi connectivity index (χ2v) is 6.84. The molecule has 3 N–H and O–H groups in total. The number of allylic oxidation sites excluding steroid dienone is 1. The minimum absolute atomic E-state index is 0.0446. The molecule has 1 rings (SSSR count). The van der Waals surface area contributed by atoms with E-state index in [0.717, 1.165) is 31.5 Å². The molecule has 0 aromatic carbocycles. The summed E-state index contributed by atoms with van der Waals surface area (Å²) in [7, 11) is 0. The summed E-state index contributed by atoms with van der Waals surface area (Å²) in [6.07, 6.45) is 1.95. The topological polar surface area (TPSA) is 61.4 Å². The maximum atomic E-state index is 10.8. The molecule has 2 atom stereocenters. The molecule has 1 aliphatic carbocycles. The molecule has 0 radical (unpaired) electrons. The molecule has 4 heteroatoms. The van der Waals surface area contributed by atoms with Gasteiger partial charge < -0.3 is 15.7 Å². The van der Waals surface area contributed by atoms with E-state index in [0.29, 0.717) is 0 Å². The number of hydrogen-bond acceptors (Lipinski definition) is 2. The highest BCUT2D eigenvalue weighted by Gasteiger charge is 2.41. The van der Waals surface area contributed by atoms with Gasteiger partial charge in [-0.3, -0.25) is 0 Å². The highest BCUT2D eigenvalue weighted by Crippen LogP contribution is 2.45. The van der Waals surface area contributed by atoms with Gasteiger partial charge in [0.1, 0.15) is 0 Å². The van der Waals surface area contributed by atoms with Gasteiger partial charge in [-0.1, -0.05) is 27.4 Å². The van der Waals surface area contributed by atoms with Gasteiger partial charge >= 0.3 is 6.09 Å². The number of hydrogen-bond donors (Lipinski definition) is 3. The van der Waals surface area contributed by atoms with Crippen molar-refractivity contribution in [1.29, 1.82) is 0 Å². The average molecular weight is 254 g/mol. The molecule has 2 unspecified atom stereocenters. The maximum Gasteiger partial charge on any atom is 0.404 e. The normalized spacial score (nSPS) is 30.6. The zero-order valence-corrected chi connectivity index (χ0v) is 12.0. The van der Waals surface area contributed by atoms with Crippen LogP contribution in [0, 0.1) is 10.8 Å². The Bertz CT molecular complexity index is 339. The highest BCUT2D eigenvalue weighted by molar-refractivity contribution is 5.64. The van der Waals surface area contributed by atoms with Crippen molar-refractivity contribution in [3.63, 3.8) is 0 Å². The van der Waals surface area contributed by atoms with E-state index in [1.807, 2.05) is 6.92 Å². The number of amides is 1. The fraction of sp³-hybridized carbons (Fsp3) is 0.786. The summed E-state index contributed by atoms with van der Waals surface area (Å²) in [5.74, 6) is 0. The van der Waals surface area contributed by atoms with Gasteiger partial charge in [-0.25, -0.2) is 4.79 Å². The number of rotatable bonds is 4. The van der Waals surface area contributed by atoms with Crippen molar-refractivity contribution in [3.8, 4) is 0 Å². The zero-order chi connectivity index (χ0) is 14.0. The van der Waals surface area contributed by atoms with Crippen LogP contribution in [0.5, 0.6) is 0 Å². The molecule has 1 aliphatic rings. The number of carbonyl (C=O) groups is 1. The lowest BCUT2D eigenvalue weighted by molar-refractivity contribution is 0.0716. The van der Waals surface area contributed by atoms with Crippen LogP contribution >= 0.6 is 0 Å². The Labute approximate surface area is 110 Å². The Morgan fingerprint density at radius 2 is 2.00 bits per heavy atom. The molecule has 0 spiro atoms. The van der Waals surface area contributed by atoms with Gasteiger partial charge in [0.05, 0.1) is 0 Å². The van der Waals surface area contributed by atoms with Crippen LogP contribution in [-0.4, -0.2) is 23.8 Å². The fourth-order valence-corrected chi connectivity index (χ4v) is 3.41. The van der Waals surface area contributed by atoms with Crippen LogP contribution < -0.4 is 10.6 Å². The molecule has 4 nitrogen and oxygen atoms in total. The molecule has 1 fully saturated rings. The van der Waals surface area contributed by atoms with Gasteiger partial charge in [0, 0.05) is 18.3 Å². The molecule has 0 heterocycles. The van der Waals surface area contributed by atoms with Crippen molar-refractivity contribution in [1.82, 2.24) is 10.6 Å². The van der Waals surface area contributed by atoms with Crippen LogP contribution in [0.25, 0.3) is 0 Å². The summed E-state index contributed by atoms with van der Waals surface area (Å²) < 4.78 is 0. The van der Waals surface area contributed by atoms with E-state index >= 15 is 0 Å². The second-order valence-electron chi connectivity index (χ2n) is 6.84. The first-order chi connectivity index (χ1) is 8.12. The Morgan fingerprint density at radius 1 is 1.39 bits per heavy atom. The van der Waals surface area contributed by atoms with E-state index in [2.05, 4.69) is 38.0 Å². The van der Waals surface area contributed by atoms with E-state index in [1.165, 1.54) is 0 Å². The quantitative estimate of drug-likeness (QED) is 0.723. The second kappa shape index (κ2) is 5.21. The Hall–Kier alpha value is -1.19. The lowest BCUT2D eigenvalue weighted by Crippen LogP contribution is -2.49. The number of carboxylic acid groups (broad SMARTS) is 1. The molecule has 0 aliphatic heterocycles. The third-order valence-corrected chi connectivity index (χ3v) is 3.59. The van der Waals surface area contributed by atoms with E-state index in [-0.39, 0.29) is 16.9 Å². The van der Waals surface area contributed by atoms with Crippen LogP contribution in [0.4, 0.5) is 4.79 Å². The highest BCUT2D eigenvalue weighted by atomic mass is 16.4. The fourth-order valence-electron chi connectivity index (χ4n) is 3.41. The minimum atomic E-state index is -0.923. The van der Waals surface area contributed by atoms with E-state index < -0.39 is 6.09 Å². The summed E-state index contributed by atoms with van der Waals surface area (Å²) in [6.45, 7) is 13.3. The summed E-state index contributed by atoms with van der Waals surface area (Å²) in [4.78, 5) is 10.8. The molecule has 1 amide bonds. The van der Waals surface area contributed by atoms with Crippen LogP contribution in [0.3, 0.4) is 0 Å². The molecular weight excluding hydrogens is 228 g/mol. The monoisotopic (exact) mass is 254 g/mol. The first kappa shape index (κ1) is 14.9. The lowest BCUT2D eigenvalue weighted by atomic mass is 9.62. The molecule has 0 bridgehead atoms. The molecular formula is C14H26N2O2. The maximum absolute atomic E-state index is 10.8. The smallest absolute Gasteiger partial charge is 0.404 e. The van der Waals surface area contributed by atoms with Gasteiger partial charge in [-0.05, 0) is 37.0 Å². The molecule has 0 aromatic heterocycles. The van der Waals surface area contributed by atoms with Crippen molar-refractivity contribution >= 4 is 6.09 Å². The SMILES string of the molecule is C=C(C)NCC1(C)CC(NC(=O)O)CC(C)(C)C1. The summed E-state index contributed by atoms with van der Waals surface area (Å²) in [5, 5.41) is 14.8. The van der Waals surface area contributed by atoms with Gasteiger partial charge in [-0.2, -0.15) is 0 Å². The summed E-state index contributed by atoms with van der Waals surface area (Å²) >= 11 is 0. The van der Waals surface area contributed by atoms with Gasteiger partial charge in [-0.15, -0.1) is 0 Å². The van der Waals surface area contributed by atoms with Crippen LogP contribution in [0.1, 0.15) is 47.0 Å². The van der Waals surface area contributed by atoms with E-state index in [9.17, 15) is 4.79 Å². The van der Waals surface area contributed by atoms with Gasteiger partial charge in [0.15, 0.2) is 0 Å². The molecule has 1 saturated carbocycles. The standard InChI is InChI=1S/C14H26N2O2/c1-10(2)15-9-14(5)7-11(16-12(17)18)6-13(3,4)8-14/h11,15-16H,1,6-9H2,2-5H3,(H,17,18). The predicted octanol–water partition coefficient (Wildman–Crippen LogP) is 2.96. The van der Waals surface area contributed by atoms with Crippen LogP contribution in [0.15, 0.2) is 12.3 Å². The largest absolute Gasteiger partial charge is 0.465 e. The average Bonchev–Trinajstić information content (AvgIpc) is 2.10. The first-order valence-electron chi connectivity index (χ1n) is 6.51. The lowest BCUT2D eigenvalue weighted by Gasteiger charge is -2.46. The first-order valence-corrected chi connectivity index (χ1v) is 6.51. The third kappa shape index (κ3) is 4.59. The Kier molecular flexibility index (Phi) is 4.30. The molecule has 104 valence electrons. The molecule has 0 aromatic rings. The van der Waals surface area contributed by atoms with Crippen molar-refractivity contribution in [2.45, 2.75) is 53.0 Å². The van der Waals surface area contributed by atoms with E-state index in [1.54, 1.807) is 0 Å². The Balaban J connectivity index is 2.72. The molecule has 18 heavy (non-hydrogen) atoms. The predicted molar refractivity (Wildman–Crippen MR) is 73.5 cm³/mol. The van der Waals surface area contributed by atoms with E-state index in [4.69, 9.17) is 5.11 Å². The third-order valence-electron chi connectivity index (χ3n) is 3.59. The summed E-state index contributed by atoms with van der Waals surface area (Å²) in [6, 6.07) is 0.0446. The zero-order valence-electron chi connectivity index (χ0n) is 12.0. The van der Waals surface area contributed by atoms with Crippen LogP contribution in [-0.2, 0) is 0 Å². The summed E-state index contributed by atoms with van der Waals surface area (Å²) in [5.41, 5.74) is 1.23. The van der Waals surface area contributed by atoms with Gasteiger partial charge in [0.25, 0.3) is 0 Å². The molecule has 0 saturated heterocycles. The van der Waals surface area contributed by atoms with Crippen molar-refractivity contribution in [3.05, 3.63) is 12.3 Å². The van der Waals surface area contributed by atoms with Crippen LogP contribution in [0.2, 0.25) is 0 Å².